The third-order valence-corrected chi connectivity index (χ3v) is 2.49. The van der Waals surface area contributed by atoms with Crippen LogP contribution in [0.25, 0.3) is 0 Å². The predicted octanol–water partition coefficient (Wildman–Crippen LogP) is -1.16. The van der Waals surface area contributed by atoms with Crippen LogP contribution in [0.4, 0.5) is 5.69 Å². The summed E-state index contributed by atoms with van der Waals surface area (Å²) in [6, 6.07) is 6.75. The van der Waals surface area contributed by atoms with Crippen molar-refractivity contribution in [2.75, 3.05) is 25.4 Å². The van der Waals surface area contributed by atoms with Crippen LogP contribution in [-0.4, -0.2) is 42.3 Å². The quantitative estimate of drug-likeness (QED) is 0.518. The van der Waals surface area contributed by atoms with Crippen molar-refractivity contribution in [3.63, 3.8) is 0 Å². The van der Waals surface area contributed by atoms with E-state index in [1.165, 1.54) is 0 Å². The lowest BCUT2D eigenvalue weighted by Crippen LogP contribution is -2.43. The molecule has 0 saturated heterocycles. The number of amides is 3. The van der Waals surface area contributed by atoms with E-state index >= 15 is 0 Å². The Labute approximate surface area is 121 Å². The maximum atomic E-state index is 11.9. The molecule has 6 N–H and O–H groups in total. The van der Waals surface area contributed by atoms with Gasteiger partial charge in [-0.15, -0.1) is 0 Å². The molecule has 0 saturated carbocycles. The minimum Gasteiger partial charge on any atom is -0.493 e. The zero-order chi connectivity index (χ0) is 15.8. The summed E-state index contributed by atoms with van der Waals surface area (Å²) in [5.74, 6) is -1.36. The summed E-state index contributed by atoms with van der Waals surface area (Å²) < 4.78 is 5.36. The lowest BCUT2D eigenvalue weighted by atomic mass is 10.3. The average molecular weight is 294 g/mol. The van der Waals surface area contributed by atoms with Gasteiger partial charge in [0, 0.05) is 11.8 Å². The SMILES string of the molecule is NC(=O)CN(CC(N)=O)C(=O)CCOc1cccc(N)c1. The van der Waals surface area contributed by atoms with Crippen LogP contribution in [0.3, 0.4) is 0 Å². The van der Waals surface area contributed by atoms with Crippen LogP contribution in [0.2, 0.25) is 0 Å². The van der Waals surface area contributed by atoms with Crippen molar-refractivity contribution in [1.29, 1.82) is 0 Å². The number of primary amides is 2. The Kier molecular flexibility index (Phi) is 5.99. The topological polar surface area (TPSA) is 142 Å². The van der Waals surface area contributed by atoms with Gasteiger partial charge in [-0.25, -0.2) is 0 Å². The number of nitrogens with two attached hydrogens (primary N) is 3. The lowest BCUT2D eigenvalue weighted by Gasteiger charge is -2.19. The van der Waals surface area contributed by atoms with Crippen molar-refractivity contribution in [2.24, 2.45) is 11.5 Å². The van der Waals surface area contributed by atoms with Gasteiger partial charge in [0.1, 0.15) is 5.75 Å². The highest BCUT2D eigenvalue weighted by molar-refractivity contribution is 5.88. The highest BCUT2D eigenvalue weighted by atomic mass is 16.5. The fraction of sp³-hybridized carbons (Fsp3) is 0.308. The molecule has 0 bridgehead atoms. The smallest absolute Gasteiger partial charge is 0.237 e. The number of hydrogen-bond acceptors (Lipinski definition) is 5. The molecule has 0 fully saturated rings. The fourth-order valence-corrected chi connectivity index (χ4v) is 1.63. The van der Waals surface area contributed by atoms with Gasteiger partial charge in [-0.1, -0.05) is 6.07 Å². The second kappa shape index (κ2) is 7.73. The summed E-state index contributed by atoms with van der Waals surface area (Å²) in [5, 5.41) is 0. The van der Waals surface area contributed by atoms with Crippen molar-refractivity contribution < 1.29 is 19.1 Å². The largest absolute Gasteiger partial charge is 0.493 e. The minimum absolute atomic E-state index is 0.0185. The molecule has 0 aliphatic heterocycles. The van der Waals surface area contributed by atoms with Crippen molar-refractivity contribution >= 4 is 23.4 Å². The van der Waals surface area contributed by atoms with Crippen LogP contribution < -0.4 is 21.9 Å². The summed E-state index contributed by atoms with van der Waals surface area (Å²) in [6.45, 7) is -0.642. The van der Waals surface area contributed by atoms with Crippen LogP contribution in [0.15, 0.2) is 24.3 Å². The number of carbonyl (C=O) groups excluding carboxylic acids is 3. The minimum atomic E-state index is -0.721. The molecule has 0 atom stereocenters. The number of nitrogens with zero attached hydrogens (tertiary/aromatic N) is 1. The molecule has 21 heavy (non-hydrogen) atoms. The Hall–Kier alpha value is -2.77. The predicted molar refractivity (Wildman–Crippen MR) is 75.9 cm³/mol. The molecule has 8 nitrogen and oxygen atoms in total. The van der Waals surface area contributed by atoms with E-state index < -0.39 is 17.7 Å². The summed E-state index contributed by atoms with van der Waals surface area (Å²) in [4.78, 5) is 34.6. The van der Waals surface area contributed by atoms with Gasteiger partial charge >= 0.3 is 0 Å². The first-order chi connectivity index (χ1) is 9.88. The van der Waals surface area contributed by atoms with Gasteiger partial charge in [-0.05, 0) is 12.1 Å². The number of hydrogen-bond donors (Lipinski definition) is 3. The van der Waals surface area contributed by atoms with E-state index in [1.807, 2.05) is 0 Å². The van der Waals surface area contributed by atoms with E-state index in [0.717, 1.165) is 4.90 Å². The number of benzene rings is 1. The standard InChI is InChI=1S/C13H18N4O4/c14-9-2-1-3-10(6-9)21-5-4-13(20)17(7-11(15)18)8-12(16)19/h1-3,6H,4-5,7-8,14H2,(H2,15,18)(H2,16,19). The lowest BCUT2D eigenvalue weighted by molar-refractivity contribution is -0.138. The zero-order valence-electron chi connectivity index (χ0n) is 11.5. The summed E-state index contributed by atoms with van der Waals surface area (Å²) in [6.07, 6.45) is -0.0185. The summed E-state index contributed by atoms with van der Waals surface area (Å²) in [5.41, 5.74) is 16.2. The first-order valence-corrected chi connectivity index (χ1v) is 6.21. The van der Waals surface area contributed by atoms with Gasteiger partial charge in [-0.2, -0.15) is 0 Å². The number of ether oxygens (including phenoxy) is 1. The van der Waals surface area contributed by atoms with Gasteiger partial charge in [0.25, 0.3) is 0 Å². The fourth-order valence-electron chi connectivity index (χ4n) is 1.63. The number of rotatable bonds is 8. The highest BCUT2D eigenvalue weighted by Gasteiger charge is 2.17. The third kappa shape index (κ3) is 6.28. The molecule has 0 aliphatic rings. The Bertz CT molecular complexity index is 517. The molecule has 3 amide bonds. The van der Waals surface area contributed by atoms with Crippen LogP contribution in [0.5, 0.6) is 5.75 Å². The van der Waals surface area contributed by atoms with Crippen LogP contribution in [-0.2, 0) is 14.4 Å². The molecule has 0 spiro atoms. The molecular weight excluding hydrogens is 276 g/mol. The summed E-state index contributed by atoms with van der Waals surface area (Å²) >= 11 is 0. The van der Waals surface area contributed by atoms with E-state index in [4.69, 9.17) is 21.9 Å². The Morgan fingerprint density at radius 1 is 1.10 bits per heavy atom. The normalized spacial score (nSPS) is 9.90. The molecule has 0 aromatic heterocycles. The van der Waals surface area contributed by atoms with Gasteiger partial charge in [0.15, 0.2) is 0 Å². The first-order valence-electron chi connectivity index (χ1n) is 6.21. The van der Waals surface area contributed by atoms with E-state index in [2.05, 4.69) is 0 Å². The molecule has 8 heteroatoms. The van der Waals surface area contributed by atoms with Crippen LogP contribution in [0.1, 0.15) is 6.42 Å². The van der Waals surface area contributed by atoms with Crippen LogP contribution >= 0.6 is 0 Å². The van der Waals surface area contributed by atoms with E-state index in [9.17, 15) is 14.4 Å². The van der Waals surface area contributed by atoms with Crippen molar-refractivity contribution in [1.82, 2.24) is 4.90 Å². The van der Waals surface area contributed by atoms with Crippen molar-refractivity contribution in [3.05, 3.63) is 24.3 Å². The highest BCUT2D eigenvalue weighted by Crippen LogP contribution is 2.14. The van der Waals surface area contributed by atoms with E-state index in [-0.39, 0.29) is 26.1 Å². The first kappa shape index (κ1) is 16.3. The second-order valence-electron chi connectivity index (χ2n) is 4.35. The number of carbonyl (C=O) groups is 3. The molecule has 1 aromatic rings. The third-order valence-electron chi connectivity index (χ3n) is 2.49. The molecule has 114 valence electrons. The monoisotopic (exact) mass is 294 g/mol. The number of anilines is 1. The Balaban J connectivity index is 2.49. The van der Waals surface area contributed by atoms with Crippen molar-refractivity contribution in [2.45, 2.75) is 6.42 Å². The average Bonchev–Trinajstić information content (AvgIpc) is 2.36. The van der Waals surface area contributed by atoms with E-state index in [1.54, 1.807) is 24.3 Å². The van der Waals surface area contributed by atoms with Crippen LogP contribution in [0, 0.1) is 0 Å². The second-order valence-corrected chi connectivity index (χ2v) is 4.35. The Morgan fingerprint density at radius 2 is 1.71 bits per heavy atom. The molecule has 1 rings (SSSR count). The zero-order valence-corrected chi connectivity index (χ0v) is 11.5. The molecular formula is C13H18N4O4. The molecule has 0 unspecified atom stereocenters. The summed E-state index contributed by atoms with van der Waals surface area (Å²) in [7, 11) is 0. The Morgan fingerprint density at radius 3 is 2.24 bits per heavy atom. The van der Waals surface area contributed by atoms with Gasteiger partial charge in [-0.3, -0.25) is 14.4 Å². The molecule has 0 heterocycles. The van der Waals surface area contributed by atoms with Gasteiger partial charge < -0.3 is 26.8 Å². The maximum Gasteiger partial charge on any atom is 0.237 e. The molecule has 0 aliphatic carbocycles. The maximum absolute atomic E-state index is 11.9. The molecule has 0 radical (unpaired) electrons. The van der Waals surface area contributed by atoms with Gasteiger partial charge in [0.05, 0.1) is 26.1 Å². The number of nitrogen functional groups attached to an aromatic ring is 1. The van der Waals surface area contributed by atoms with E-state index in [0.29, 0.717) is 11.4 Å². The van der Waals surface area contributed by atoms with Gasteiger partial charge in [0.2, 0.25) is 17.7 Å². The van der Waals surface area contributed by atoms with Crippen molar-refractivity contribution in [3.8, 4) is 5.75 Å². The molecule has 1 aromatic carbocycles.